The van der Waals surface area contributed by atoms with E-state index in [-0.39, 0.29) is 5.97 Å². The molecule has 21 heavy (non-hydrogen) atoms. The van der Waals surface area contributed by atoms with Crippen LogP contribution >= 0.6 is 11.6 Å². The summed E-state index contributed by atoms with van der Waals surface area (Å²) in [5, 5.41) is 1.61. The number of halogens is 1. The molecule has 0 radical (unpaired) electrons. The van der Waals surface area contributed by atoms with Gasteiger partial charge in [0, 0.05) is 17.1 Å². The zero-order chi connectivity index (χ0) is 15.0. The van der Waals surface area contributed by atoms with Crippen molar-refractivity contribution in [1.29, 1.82) is 0 Å². The predicted octanol–water partition coefficient (Wildman–Crippen LogP) is 4.89. The minimum atomic E-state index is -0.379. The standard InChI is InChI=1S/C17H20ClNO2/c1-11-10-12-8-9-14(17(20)21-2)15(18)16(12)19(11)13-6-4-3-5-7-13/h8-10,13H,3-7H2,1-2H3. The highest BCUT2D eigenvalue weighted by atomic mass is 35.5. The number of nitrogens with zero attached hydrogens (tertiary/aromatic N) is 1. The SMILES string of the molecule is COC(=O)c1ccc2cc(C)n(C3CCCCC3)c2c1Cl. The zero-order valence-electron chi connectivity index (χ0n) is 12.5. The van der Waals surface area contributed by atoms with Gasteiger partial charge in [0.1, 0.15) is 0 Å². The van der Waals surface area contributed by atoms with Gasteiger partial charge < -0.3 is 9.30 Å². The molecule has 2 aromatic rings. The molecule has 3 rings (SSSR count). The van der Waals surface area contributed by atoms with Crippen molar-refractivity contribution < 1.29 is 9.53 Å². The minimum Gasteiger partial charge on any atom is -0.465 e. The fourth-order valence-corrected chi connectivity index (χ4v) is 3.83. The van der Waals surface area contributed by atoms with E-state index in [4.69, 9.17) is 16.3 Å². The third kappa shape index (κ3) is 2.44. The van der Waals surface area contributed by atoms with Gasteiger partial charge >= 0.3 is 5.97 Å². The van der Waals surface area contributed by atoms with Gasteiger partial charge in [0.25, 0.3) is 0 Å². The maximum atomic E-state index is 11.9. The Balaban J connectivity index is 2.18. The topological polar surface area (TPSA) is 31.2 Å². The van der Waals surface area contributed by atoms with E-state index in [0.717, 1.165) is 10.9 Å². The van der Waals surface area contributed by atoms with Crippen LogP contribution in [0.1, 0.15) is 54.2 Å². The van der Waals surface area contributed by atoms with Gasteiger partial charge in [0.15, 0.2) is 0 Å². The molecule has 1 aliphatic rings. The van der Waals surface area contributed by atoms with E-state index in [2.05, 4.69) is 17.6 Å². The molecule has 0 N–H and O–H groups in total. The Kier molecular flexibility index (Phi) is 3.94. The normalized spacial score (nSPS) is 16.3. The quantitative estimate of drug-likeness (QED) is 0.739. The Hall–Kier alpha value is -1.48. The first kappa shape index (κ1) is 14.5. The molecule has 1 aromatic carbocycles. The van der Waals surface area contributed by atoms with Gasteiger partial charge in [-0.1, -0.05) is 36.9 Å². The largest absolute Gasteiger partial charge is 0.465 e. The fraction of sp³-hybridized carbons (Fsp3) is 0.471. The number of hydrogen-bond acceptors (Lipinski definition) is 2. The smallest absolute Gasteiger partial charge is 0.339 e. The summed E-state index contributed by atoms with van der Waals surface area (Å²) >= 11 is 6.53. The molecule has 112 valence electrons. The Morgan fingerprint density at radius 3 is 2.67 bits per heavy atom. The second kappa shape index (κ2) is 5.72. The van der Waals surface area contributed by atoms with Crippen molar-refractivity contribution in [2.75, 3.05) is 7.11 Å². The first-order valence-electron chi connectivity index (χ1n) is 7.52. The van der Waals surface area contributed by atoms with E-state index < -0.39 is 0 Å². The lowest BCUT2D eigenvalue weighted by Gasteiger charge is -2.26. The molecule has 0 unspecified atom stereocenters. The first-order valence-corrected chi connectivity index (χ1v) is 7.89. The third-order valence-corrected chi connectivity index (χ3v) is 4.86. The van der Waals surface area contributed by atoms with Crippen molar-refractivity contribution >= 4 is 28.5 Å². The van der Waals surface area contributed by atoms with Crippen LogP contribution in [0, 0.1) is 6.92 Å². The summed E-state index contributed by atoms with van der Waals surface area (Å²) in [5.41, 5.74) is 2.63. The molecule has 1 heterocycles. The van der Waals surface area contributed by atoms with Gasteiger partial charge in [-0.25, -0.2) is 4.79 Å². The summed E-state index contributed by atoms with van der Waals surface area (Å²) < 4.78 is 7.15. The van der Waals surface area contributed by atoms with Gasteiger partial charge in [-0.2, -0.15) is 0 Å². The Labute approximate surface area is 129 Å². The van der Waals surface area contributed by atoms with Crippen LogP contribution in [0.15, 0.2) is 18.2 Å². The molecule has 1 aromatic heterocycles. The van der Waals surface area contributed by atoms with Crippen molar-refractivity contribution in [1.82, 2.24) is 4.57 Å². The molecule has 1 aliphatic carbocycles. The highest BCUT2D eigenvalue weighted by Crippen LogP contribution is 2.37. The Bertz CT molecular complexity index is 684. The summed E-state index contributed by atoms with van der Waals surface area (Å²) in [6.07, 6.45) is 6.21. The van der Waals surface area contributed by atoms with E-state index in [9.17, 15) is 4.79 Å². The van der Waals surface area contributed by atoms with E-state index in [1.54, 1.807) is 6.07 Å². The van der Waals surface area contributed by atoms with Crippen molar-refractivity contribution in [2.45, 2.75) is 45.1 Å². The Morgan fingerprint density at radius 1 is 1.29 bits per heavy atom. The molecule has 0 atom stereocenters. The van der Waals surface area contributed by atoms with Crippen LogP contribution in [0.5, 0.6) is 0 Å². The van der Waals surface area contributed by atoms with Gasteiger partial charge in [0.05, 0.1) is 23.2 Å². The van der Waals surface area contributed by atoms with Crippen LogP contribution in [-0.4, -0.2) is 17.6 Å². The van der Waals surface area contributed by atoms with E-state index in [0.29, 0.717) is 16.6 Å². The molecular weight excluding hydrogens is 286 g/mol. The lowest BCUT2D eigenvalue weighted by atomic mass is 9.95. The second-order valence-corrected chi connectivity index (χ2v) is 6.18. The maximum absolute atomic E-state index is 11.9. The van der Waals surface area contributed by atoms with Gasteiger partial charge in [-0.15, -0.1) is 0 Å². The van der Waals surface area contributed by atoms with Crippen molar-refractivity contribution in [3.05, 3.63) is 34.5 Å². The summed E-state index contributed by atoms with van der Waals surface area (Å²) in [5.74, 6) is -0.379. The number of methoxy groups -OCH3 is 1. The number of carbonyl (C=O) groups excluding carboxylic acids is 1. The van der Waals surface area contributed by atoms with Crippen molar-refractivity contribution in [3.8, 4) is 0 Å². The molecule has 0 amide bonds. The van der Waals surface area contributed by atoms with E-state index in [1.165, 1.54) is 44.9 Å². The monoisotopic (exact) mass is 305 g/mol. The number of fused-ring (bicyclic) bond motifs is 1. The van der Waals surface area contributed by atoms with Gasteiger partial charge in [-0.3, -0.25) is 0 Å². The predicted molar refractivity (Wildman–Crippen MR) is 85.1 cm³/mol. The van der Waals surface area contributed by atoms with Crippen molar-refractivity contribution in [3.63, 3.8) is 0 Å². The minimum absolute atomic E-state index is 0.379. The molecule has 1 fully saturated rings. The highest BCUT2D eigenvalue weighted by Gasteiger charge is 2.22. The summed E-state index contributed by atoms with van der Waals surface area (Å²) in [6, 6.07) is 6.35. The fourth-order valence-electron chi connectivity index (χ4n) is 3.49. The maximum Gasteiger partial charge on any atom is 0.339 e. The van der Waals surface area contributed by atoms with Crippen LogP contribution in [0.25, 0.3) is 10.9 Å². The zero-order valence-corrected chi connectivity index (χ0v) is 13.2. The van der Waals surface area contributed by atoms with Crippen molar-refractivity contribution in [2.24, 2.45) is 0 Å². The average molecular weight is 306 g/mol. The molecule has 1 saturated carbocycles. The van der Waals surface area contributed by atoms with Crippen LogP contribution in [0.2, 0.25) is 5.02 Å². The third-order valence-electron chi connectivity index (χ3n) is 4.48. The number of aromatic nitrogens is 1. The number of benzene rings is 1. The summed E-state index contributed by atoms with van der Waals surface area (Å²) in [7, 11) is 1.38. The second-order valence-electron chi connectivity index (χ2n) is 5.80. The molecule has 0 saturated heterocycles. The van der Waals surface area contributed by atoms with Gasteiger partial charge in [0.2, 0.25) is 0 Å². The molecule has 0 spiro atoms. The molecule has 3 nitrogen and oxygen atoms in total. The molecule has 4 heteroatoms. The number of hydrogen-bond donors (Lipinski definition) is 0. The Morgan fingerprint density at radius 2 is 2.00 bits per heavy atom. The van der Waals surface area contributed by atoms with E-state index in [1.807, 2.05) is 6.07 Å². The summed E-state index contributed by atoms with van der Waals surface area (Å²) in [6.45, 7) is 2.11. The summed E-state index contributed by atoms with van der Waals surface area (Å²) in [4.78, 5) is 11.9. The molecular formula is C17H20ClNO2. The van der Waals surface area contributed by atoms with Crippen LogP contribution < -0.4 is 0 Å². The first-order chi connectivity index (χ1) is 10.1. The van der Waals surface area contributed by atoms with E-state index >= 15 is 0 Å². The average Bonchev–Trinajstić information content (AvgIpc) is 2.85. The van der Waals surface area contributed by atoms with Gasteiger partial charge in [-0.05, 0) is 31.9 Å². The van der Waals surface area contributed by atoms with Crippen LogP contribution in [0.4, 0.5) is 0 Å². The van der Waals surface area contributed by atoms with Crippen LogP contribution in [0.3, 0.4) is 0 Å². The highest BCUT2D eigenvalue weighted by molar-refractivity contribution is 6.38. The number of ether oxygens (including phenoxy) is 1. The lowest BCUT2D eigenvalue weighted by Crippen LogP contribution is -2.14. The number of aryl methyl sites for hydroxylation is 1. The number of rotatable bonds is 2. The number of carbonyl (C=O) groups is 1. The molecule has 0 aliphatic heterocycles. The number of esters is 1. The van der Waals surface area contributed by atoms with Crippen LogP contribution in [-0.2, 0) is 4.74 Å². The lowest BCUT2D eigenvalue weighted by molar-refractivity contribution is 0.0601. The molecule has 0 bridgehead atoms.